The van der Waals surface area contributed by atoms with Gasteiger partial charge in [-0.2, -0.15) is 0 Å². The summed E-state index contributed by atoms with van der Waals surface area (Å²) in [5.41, 5.74) is 0. The Balaban J connectivity index is 3.11. The van der Waals surface area contributed by atoms with Crippen molar-refractivity contribution in [3.63, 3.8) is 0 Å². The summed E-state index contributed by atoms with van der Waals surface area (Å²) in [4.78, 5) is -0.0485. The highest BCUT2D eigenvalue weighted by Gasteiger charge is 2.12. The van der Waals surface area contributed by atoms with Crippen LogP contribution in [0.2, 0.25) is 5.02 Å². The SMILES string of the molecule is C=CCOc1cc(S(=O)(=O)Cl)ccc1Cl. The lowest BCUT2D eigenvalue weighted by atomic mass is 10.3. The second-order valence-corrected chi connectivity index (χ2v) is 5.60. The average Bonchev–Trinajstić information content (AvgIpc) is 2.15. The molecule has 0 fully saturated rings. The van der Waals surface area contributed by atoms with Gasteiger partial charge >= 0.3 is 0 Å². The zero-order chi connectivity index (χ0) is 11.5. The summed E-state index contributed by atoms with van der Waals surface area (Å²) in [5.74, 6) is 0.262. The van der Waals surface area contributed by atoms with E-state index in [9.17, 15) is 8.42 Å². The molecule has 0 aliphatic rings. The largest absolute Gasteiger partial charge is 0.488 e. The van der Waals surface area contributed by atoms with E-state index in [2.05, 4.69) is 6.58 Å². The van der Waals surface area contributed by atoms with Crippen molar-refractivity contribution in [3.05, 3.63) is 35.9 Å². The number of benzene rings is 1. The molecule has 15 heavy (non-hydrogen) atoms. The van der Waals surface area contributed by atoms with E-state index >= 15 is 0 Å². The lowest BCUT2D eigenvalue weighted by Crippen LogP contribution is -1.96. The standard InChI is InChI=1S/C9H8Cl2O3S/c1-2-5-14-9-6-7(15(11,12)13)3-4-8(9)10/h2-4,6H,1,5H2. The van der Waals surface area contributed by atoms with Gasteiger partial charge in [0.05, 0.1) is 9.92 Å². The lowest BCUT2D eigenvalue weighted by molar-refractivity contribution is 0.362. The van der Waals surface area contributed by atoms with Gasteiger partial charge in [0.25, 0.3) is 9.05 Å². The minimum atomic E-state index is -3.76. The smallest absolute Gasteiger partial charge is 0.261 e. The van der Waals surface area contributed by atoms with Crippen LogP contribution in [0.15, 0.2) is 35.7 Å². The van der Waals surface area contributed by atoms with Gasteiger partial charge in [-0.05, 0) is 12.1 Å². The van der Waals surface area contributed by atoms with Crippen LogP contribution in [0.4, 0.5) is 0 Å². The van der Waals surface area contributed by atoms with Crippen LogP contribution in [0.5, 0.6) is 5.75 Å². The van der Waals surface area contributed by atoms with E-state index < -0.39 is 9.05 Å². The van der Waals surface area contributed by atoms with E-state index in [0.717, 1.165) is 0 Å². The maximum Gasteiger partial charge on any atom is 0.261 e. The number of hydrogen-bond donors (Lipinski definition) is 0. The summed E-state index contributed by atoms with van der Waals surface area (Å²) in [5, 5.41) is 0.320. The molecule has 0 bridgehead atoms. The summed E-state index contributed by atoms with van der Waals surface area (Å²) in [6.45, 7) is 3.71. The Kier molecular flexibility index (Phi) is 4.02. The van der Waals surface area contributed by atoms with Crippen LogP contribution >= 0.6 is 22.3 Å². The Hall–Kier alpha value is -0.710. The molecule has 0 saturated heterocycles. The zero-order valence-electron chi connectivity index (χ0n) is 7.61. The predicted molar refractivity (Wildman–Crippen MR) is 60.2 cm³/mol. The molecule has 0 aromatic heterocycles. The molecule has 1 aromatic carbocycles. The monoisotopic (exact) mass is 266 g/mol. The van der Waals surface area contributed by atoms with Crippen LogP contribution in [0.3, 0.4) is 0 Å². The molecule has 0 aliphatic heterocycles. The Bertz CT molecular complexity index is 468. The van der Waals surface area contributed by atoms with E-state index in [1.54, 1.807) is 0 Å². The average molecular weight is 267 g/mol. The Morgan fingerprint density at radius 2 is 2.13 bits per heavy atom. The van der Waals surface area contributed by atoms with E-state index in [1.165, 1.54) is 24.3 Å². The summed E-state index contributed by atoms with van der Waals surface area (Å²) < 4.78 is 27.2. The van der Waals surface area contributed by atoms with Crippen molar-refractivity contribution < 1.29 is 13.2 Å². The maximum atomic E-state index is 11.0. The third-order valence-corrected chi connectivity index (χ3v) is 3.20. The topological polar surface area (TPSA) is 43.4 Å². The van der Waals surface area contributed by atoms with Crippen LogP contribution < -0.4 is 4.74 Å². The first kappa shape index (κ1) is 12.4. The predicted octanol–water partition coefficient (Wildman–Crippen LogP) is 2.83. The van der Waals surface area contributed by atoms with Crippen LogP contribution in [-0.4, -0.2) is 15.0 Å². The molecule has 3 nitrogen and oxygen atoms in total. The second kappa shape index (κ2) is 4.88. The Morgan fingerprint density at radius 3 is 2.67 bits per heavy atom. The van der Waals surface area contributed by atoms with Crippen molar-refractivity contribution in [2.24, 2.45) is 0 Å². The highest BCUT2D eigenvalue weighted by molar-refractivity contribution is 8.13. The highest BCUT2D eigenvalue weighted by Crippen LogP contribution is 2.28. The Labute approximate surface area is 97.7 Å². The van der Waals surface area contributed by atoms with Gasteiger partial charge in [0.15, 0.2) is 0 Å². The summed E-state index contributed by atoms with van der Waals surface area (Å²) in [7, 11) is 1.41. The van der Waals surface area contributed by atoms with Crippen LogP contribution in [0.25, 0.3) is 0 Å². The molecule has 0 saturated carbocycles. The molecular weight excluding hydrogens is 259 g/mol. The molecule has 0 spiro atoms. The summed E-state index contributed by atoms with van der Waals surface area (Å²) in [6.07, 6.45) is 1.53. The molecule has 1 aromatic rings. The quantitative estimate of drug-likeness (QED) is 0.622. The van der Waals surface area contributed by atoms with Gasteiger partial charge in [-0.15, -0.1) is 0 Å². The first-order valence-electron chi connectivity index (χ1n) is 3.93. The zero-order valence-corrected chi connectivity index (χ0v) is 9.94. The van der Waals surface area contributed by atoms with Crippen LogP contribution in [-0.2, 0) is 9.05 Å². The molecule has 82 valence electrons. The highest BCUT2D eigenvalue weighted by atomic mass is 35.7. The molecule has 6 heteroatoms. The number of hydrogen-bond acceptors (Lipinski definition) is 3. The summed E-state index contributed by atoms with van der Waals surface area (Å²) >= 11 is 5.78. The molecule has 0 amide bonds. The fourth-order valence-electron chi connectivity index (χ4n) is 0.895. The fraction of sp³-hybridized carbons (Fsp3) is 0.111. The lowest BCUT2D eigenvalue weighted by Gasteiger charge is -2.06. The number of rotatable bonds is 4. The van der Waals surface area contributed by atoms with E-state index in [-0.39, 0.29) is 17.3 Å². The van der Waals surface area contributed by atoms with E-state index in [1.807, 2.05) is 0 Å². The van der Waals surface area contributed by atoms with Gasteiger partial charge < -0.3 is 4.74 Å². The minimum absolute atomic E-state index is 0.0485. The van der Waals surface area contributed by atoms with Crippen molar-refractivity contribution in [2.75, 3.05) is 6.61 Å². The van der Waals surface area contributed by atoms with Gasteiger partial charge in [-0.1, -0.05) is 24.3 Å². The molecule has 0 unspecified atom stereocenters. The van der Waals surface area contributed by atoms with Gasteiger partial charge in [0, 0.05) is 16.7 Å². The first-order chi connectivity index (χ1) is 6.95. The molecule has 0 radical (unpaired) electrons. The molecule has 1 rings (SSSR count). The molecule has 0 N–H and O–H groups in total. The summed E-state index contributed by atoms with van der Waals surface area (Å²) in [6, 6.07) is 3.99. The molecular formula is C9H8Cl2O3S. The van der Waals surface area contributed by atoms with Crippen LogP contribution in [0.1, 0.15) is 0 Å². The number of ether oxygens (including phenoxy) is 1. The second-order valence-electron chi connectivity index (χ2n) is 2.63. The minimum Gasteiger partial charge on any atom is -0.488 e. The molecule has 0 aliphatic carbocycles. The van der Waals surface area contributed by atoms with Gasteiger partial charge in [-0.3, -0.25) is 0 Å². The van der Waals surface area contributed by atoms with Gasteiger partial charge in [0.1, 0.15) is 12.4 Å². The number of halogens is 2. The van der Waals surface area contributed by atoms with Gasteiger partial charge in [-0.25, -0.2) is 8.42 Å². The van der Waals surface area contributed by atoms with E-state index in [4.69, 9.17) is 27.0 Å². The fourth-order valence-corrected chi connectivity index (χ4v) is 1.83. The first-order valence-corrected chi connectivity index (χ1v) is 6.62. The van der Waals surface area contributed by atoms with Crippen molar-refractivity contribution in [2.45, 2.75) is 4.90 Å². The third kappa shape index (κ3) is 3.41. The van der Waals surface area contributed by atoms with Crippen molar-refractivity contribution in [1.82, 2.24) is 0 Å². The van der Waals surface area contributed by atoms with Crippen molar-refractivity contribution in [1.29, 1.82) is 0 Å². The van der Waals surface area contributed by atoms with Crippen molar-refractivity contribution in [3.8, 4) is 5.75 Å². The van der Waals surface area contributed by atoms with Crippen molar-refractivity contribution >= 4 is 31.3 Å². The van der Waals surface area contributed by atoms with Crippen LogP contribution in [0, 0.1) is 0 Å². The maximum absolute atomic E-state index is 11.0. The van der Waals surface area contributed by atoms with Gasteiger partial charge in [0.2, 0.25) is 0 Å². The normalized spacial score (nSPS) is 11.1. The third-order valence-electron chi connectivity index (χ3n) is 1.54. The molecule has 0 atom stereocenters. The Morgan fingerprint density at radius 1 is 1.47 bits per heavy atom. The molecule has 0 heterocycles. The van der Waals surface area contributed by atoms with E-state index in [0.29, 0.717) is 5.02 Å².